The van der Waals surface area contributed by atoms with Gasteiger partial charge < -0.3 is 24.8 Å². The SMILES string of the molecule is C=CCC(=C)CC.C=CCN=C(C/C=C\C/C=C\C(=C)O)N=C(C)N1CCCCCC1.CC.CNC(=O)OC1CCOC1. The number of nitrogens with zero attached hydrogens (tertiary/aromatic N) is 3. The molecule has 244 valence electrons. The number of rotatable bonds is 11. The van der Waals surface area contributed by atoms with Crippen LogP contribution in [0.4, 0.5) is 4.79 Å². The van der Waals surface area contributed by atoms with E-state index < -0.39 is 0 Å². The molecule has 8 heteroatoms. The lowest BCUT2D eigenvalue weighted by atomic mass is 10.2. The molecular weight excluding hydrogens is 540 g/mol. The van der Waals surface area contributed by atoms with Gasteiger partial charge in [-0.05, 0) is 45.1 Å². The minimum atomic E-state index is -0.379. The number of hydrogen-bond acceptors (Lipinski definition) is 5. The minimum absolute atomic E-state index is 0.0417. The number of carbonyl (C=O) groups is 1. The Hall–Kier alpha value is -3.39. The predicted molar refractivity (Wildman–Crippen MR) is 185 cm³/mol. The maximum Gasteiger partial charge on any atom is 0.407 e. The summed E-state index contributed by atoms with van der Waals surface area (Å²) in [4.78, 5) is 22.2. The summed E-state index contributed by atoms with van der Waals surface area (Å²) in [5.41, 5.74) is 1.26. The zero-order chi connectivity index (χ0) is 32.7. The van der Waals surface area contributed by atoms with Gasteiger partial charge in [-0.3, -0.25) is 4.99 Å². The van der Waals surface area contributed by atoms with E-state index in [4.69, 9.17) is 19.6 Å². The molecule has 1 amide bonds. The van der Waals surface area contributed by atoms with Crippen LogP contribution in [0.5, 0.6) is 0 Å². The number of aliphatic hydroxyl groups is 1. The van der Waals surface area contributed by atoms with E-state index in [1.54, 1.807) is 12.2 Å². The normalized spacial score (nSPS) is 16.9. The van der Waals surface area contributed by atoms with Crippen LogP contribution in [0.2, 0.25) is 0 Å². The fraction of sp³-hybridized carbons (Fsp3) is 0.571. The third kappa shape index (κ3) is 26.0. The Labute approximate surface area is 262 Å². The maximum absolute atomic E-state index is 10.6. The molecule has 1 unspecified atom stereocenters. The highest BCUT2D eigenvalue weighted by atomic mass is 16.6. The van der Waals surface area contributed by atoms with E-state index >= 15 is 0 Å². The first-order valence-electron chi connectivity index (χ1n) is 15.6. The second kappa shape index (κ2) is 30.1. The number of aliphatic hydroxyl groups excluding tert-OH is 1. The third-order valence-corrected chi connectivity index (χ3v) is 6.11. The van der Waals surface area contributed by atoms with Gasteiger partial charge >= 0.3 is 6.09 Å². The summed E-state index contributed by atoms with van der Waals surface area (Å²) in [6.07, 6.45) is 20.2. The molecule has 0 saturated carbocycles. The molecule has 0 aromatic carbocycles. The molecule has 0 spiro atoms. The first-order chi connectivity index (χ1) is 20.8. The van der Waals surface area contributed by atoms with Gasteiger partial charge in [0.05, 0.1) is 19.8 Å². The van der Waals surface area contributed by atoms with Gasteiger partial charge in [0.2, 0.25) is 0 Å². The molecule has 2 N–H and O–H groups in total. The van der Waals surface area contributed by atoms with Crippen molar-refractivity contribution in [2.75, 3.05) is 39.9 Å². The van der Waals surface area contributed by atoms with Gasteiger partial charge in [-0.15, -0.1) is 13.2 Å². The van der Waals surface area contributed by atoms with Crippen LogP contribution < -0.4 is 5.32 Å². The van der Waals surface area contributed by atoms with E-state index in [2.05, 4.69) is 61.4 Å². The monoisotopic (exact) mass is 600 g/mol. The van der Waals surface area contributed by atoms with E-state index in [0.29, 0.717) is 26.2 Å². The Morgan fingerprint density at radius 2 is 1.74 bits per heavy atom. The van der Waals surface area contributed by atoms with Crippen LogP contribution in [0.15, 0.2) is 84.1 Å². The molecule has 2 aliphatic rings. The number of nitrogens with one attached hydrogen (secondary N) is 1. The highest BCUT2D eigenvalue weighted by molar-refractivity contribution is 5.96. The number of likely N-dealkylation sites (tertiary alicyclic amines) is 1. The minimum Gasteiger partial charge on any atom is -0.509 e. The molecule has 0 aromatic rings. The number of aliphatic imine (C=N–C) groups is 2. The van der Waals surface area contributed by atoms with Crippen molar-refractivity contribution in [1.82, 2.24) is 10.2 Å². The summed E-state index contributed by atoms with van der Waals surface area (Å²) < 4.78 is 9.88. The summed E-state index contributed by atoms with van der Waals surface area (Å²) >= 11 is 0. The molecular formula is C35H60N4O4. The van der Waals surface area contributed by atoms with Crippen molar-refractivity contribution in [2.45, 2.75) is 91.6 Å². The molecule has 43 heavy (non-hydrogen) atoms. The van der Waals surface area contributed by atoms with Gasteiger partial charge in [0.25, 0.3) is 0 Å². The van der Waals surface area contributed by atoms with Crippen LogP contribution in [-0.4, -0.2) is 73.8 Å². The Kier molecular flexibility index (Phi) is 29.2. The van der Waals surface area contributed by atoms with Crippen molar-refractivity contribution in [3.8, 4) is 0 Å². The van der Waals surface area contributed by atoms with Crippen molar-refractivity contribution >= 4 is 17.8 Å². The Balaban J connectivity index is 0. The van der Waals surface area contributed by atoms with E-state index in [1.807, 2.05) is 32.1 Å². The Morgan fingerprint density at radius 3 is 2.23 bits per heavy atom. The Bertz CT molecular complexity index is 892. The molecule has 2 rings (SSSR count). The molecule has 2 aliphatic heterocycles. The fourth-order valence-corrected chi connectivity index (χ4v) is 3.70. The lowest BCUT2D eigenvalue weighted by Gasteiger charge is -2.21. The first kappa shape index (κ1) is 41.7. The smallest absolute Gasteiger partial charge is 0.407 e. The summed E-state index contributed by atoms with van der Waals surface area (Å²) in [5.74, 6) is 1.97. The zero-order valence-electron chi connectivity index (χ0n) is 27.8. The van der Waals surface area contributed by atoms with Crippen molar-refractivity contribution < 1.29 is 19.4 Å². The Morgan fingerprint density at radius 1 is 1.07 bits per heavy atom. The molecule has 2 heterocycles. The van der Waals surface area contributed by atoms with Crippen LogP contribution in [0, 0.1) is 0 Å². The molecule has 0 radical (unpaired) electrons. The number of ether oxygens (including phenoxy) is 2. The standard InChI is InChI=1S/C20H31N3O.C7H12.C6H11NO3.C2H6/c1-4-15-21-20(14-10-6-5-9-13-18(2)24)22-19(3)23-16-11-7-8-12-17-23;1-4-6-7(3)5-2;1-7-6(8)10-5-2-3-9-4-5;1-2/h4,6,9-10,13,24H,1-2,5,7-8,11-12,14-17H2,3H3;4H,1,3,5-6H2,2H3;5H,2-4H2,1H3,(H,7,8);1-2H3/b10-6-,13-9-,21-20?,22-19?;;;. The number of allylic oxidation sites excluding steroid dienone is 5. The second-order valence-corrected chi connectivity index (χ2v) is 9.65. The number of alkyl carbamates (subject to hydrolysis) is 1. The summed E-state index contributed by atoms with van der Waals surface area (Å²) in [7, 11) is 1.54. The van der Waals surface area contributed by atoms with Gasteiger partial charge in [-0.2, -0.15) is 0 Å². The molecule has 2 saturated heterocycles. The van der Waals surface area contributed by atoms with E-state index in [9.17, 15) is 4.79 Å². The summed E-state index contributed by atoms with van der Waals surface area (Å²) in [6.45, 7) is 26.7. The summed E-state index contributed by atoms with van der Waals surface area (Å²) in [6, 6.07) is 0. The topological polar surface area (TPSA) is 95.8 Å². The molecule has 0 aliphatic carbocycles. The second-order valence-electron chi connectivity index (χ2n) is 9.65. The van der Waals surface area contributed by atoms with Crippen LogP contribution in [0.1, 0.15) is 85.5 Å². The average Bonchev–Trinajstić information content (AvgIpc) is 3.36. The van der Waals surface area contributed by atoms with Crippen molar-refractivity contribution in [1.29, 1.82) is 0 Å². The van der Waals surface area contributed by atoms with Crippen molar-refractivity contribution in [3.05, 3.63) is 74.1 Å². The fourth-order valence-electron chi connectivity index (χ4n) is 3.70. The number of carbonyl (C=O) groups excluding carboxylic acids is 1. The number of amides is 1. The largest absolute Gasteiger partial charge is 0.509 e. The number of hydrogen-bond donors (Lipinski definition) is 2. The van der Waals surface area contributed by atoms with Crippen LogP contribution in [0.25, 0.3) is 0 Å². The van der Waals surface area contributed by atoms with Gasteiger partial charge in [0, 0.05) is 33.0 Å². The molecule has 1 atom stereocenters. The number of amidine groups is 2. The predicted octanol–water partition coefficient (Wildman–Crippen LogP) is 8.52. The lowest BCUT2D eigenvalue weighted by Crippen LogP contribution is -2.30. The molecule has 2 fully saturated rings. The van der Waals surface area contributed by atoms with Gasteiger partial charge in [-0.1, -0.05) is 82.7 Å². The highest BCUT2D eigenvalue weighted by Crippen LogP contribution is 2.11. The maximum atomic E-state index is 10.6. The average molecular weight is 601 g/mol. The first-order valence-corrected chi connectivity index (χ1v) is 15.6. The molecule has 0 bridgehead atoms. The van der Waals surface area contributed by atoms with E-state index in [1.165, 1.54) is 38.3 Å². The van der Waals surface area contributed by atoms with Crippen LogP contribution in [-0.2, 0) is 9.47 Å². The van der Waals surface area contributed by atoms with E-state index in [-0.39, 0.29) is 18.0 Å². The van der Waals surface area contributed by atoms with Gasteiger partial charge in [0.15, 0.2) is 0 Å². The lowest BCUT2D eigenvalue weighted by molar-refractivity contribution is 0.0846. The third-order valence-electron chi connectivity index (χ3n) is 6.11. The van der Waals surface area contributed by atoms with Crippen LogP contribution >= 0.6 is 0 Å². The quantitative estimate of drug-likeness (QED) is 0.0815. The van der Waals surface area contributed by atoms with Crippen molar-refractivity contribution in [3.63, 3.8) is 0 Å². The summed E-state index contributed by atoms with van der Waals surface area (Å²) in [5, 5.41) is 11.4. The van der Waals surface area contributed by atoms with Gasteiger partial charge in [-0.25, -0.2) is 9.79 Å². The van der Waals surface area contributed by atoms with Crippen LogP contribution in [0.3, 0.4) is 0 Å². The zero-order valence-corrected chi connectivity index (χ0v) is 27.8. The highest BCUT2D eigenvalue weighted by Gasteiger charge is 2.18. The molecule has 8 nitrogen and oxygen atoms in total. The van der Waals surface area contributed by atoms with Gasteiger partial charge in [0.1, 0.15) is 23.5 Å². The molecule has 0 aromatic heterocycles. The van der Waals surface area contributed by atoms with Crippen molar-refractivity contribution in [2.24, 2.45) is 9.98 Å². The van der Waals surface area contributed by atoms with E-state index in [0.717, 1.165) is 50.4 Å².